The molecule has 0 fully saturated rings. The van der Waals surface area contributed by atoms with Crippen molar-refractivity contribution in [1.82, 2.24) is 5.32 Å². The number of halogens is 1. The molecule has 1 aromatic rings. The molecule has 0 radical (unpaired) electrons. The Bertz CT molecular complexity index is 315. The summed E-state index contributed by atoms with van der Waals surface area (Å²) in [6.07, 6.45) is 0. The van der Waals surface area contributed by atoms with Gasteiger partial charge in [0.1, 0.15) is 0 Å². The molecule has 0 aliphatic rings. The minimum Gasteiger partial charge on any atom is -0.312 e. The monoisotopic (exact) mass is 257 g/mol. The average molecular weight is 258 g/mol. The fourth-order valence-electron chi connectivity index (χ4n) is 1.49. The number of nitrogens with one attached hydrogen (secondary N) is 1. The fourth-order valence-corrected chi connectivity index (χ4v) is 2.89. The van der Waals surface area contributed by atoms with Crippen LogP contribution in [-0.4, -0.2) is 18.6 Å². The van der Waals surface area contributed by atoms with Crippen LogP contribution < -0.4 is 5.32 Å². The van der Waals surface area contributed by atoms with Gasteiger partial charge in [-0.2, -0.15) is 11.8 Å². The second kappa shape index (κ2) is 7.21. The van der Waals surface area contributed by atoms with E-state index in [4.69, 9.17) is 11.6 Å². The molecular formula is C13H20ClNS. The highest BCUT2D eigenvalue weighted by Crippen LogP contribution is 2.22. The lowest BCUT2D eigenvalue weighted by Gasteiger charge is -2.17. The zero-order valence-corrected chi connectivity index (χ0v) is 11.7. The molecular weight excluding hydrogens is 238 g/mol. The van der Waals surface area contributed by atoms with Crippen molar-refractivity contribution in [2.45, 2.75) is 19.9 Å². The summed E-state index contributed by atoms with van der Waals surface area (Å²) in [5.41, 5.74) is 1.27. The normalized spacial score (nSPS) is 13.1. The third kappa shape index (κ3) is 4.77. The summed E-state index contributed by atoms with van der Waals surface area (Å²) in [6.45, 7) is 4.50. The SMILES string of the molecule is CNC(CSCC(C)C)c1cccc(Cl)c1. The zero-order chi connectivity index (χ0) is 12.0. The van der Waals surface area contributed by atoms with Crippen molar-refractivity contribution in [3.63, 3.8) is 0 Å². The number of rotatable bonds is 6. The van der Waals surface area contributed by atoms with Crippen LogP contribution in [0.1, 0.15) is 25.5 Å². The molecule has 1 nitrogen and oxygen atoms in total. The van der Waals surface area contributed by atoms with Crippen molar-refractivity contribution in [1.29, 1.82) is 0 Å². The van der Waals surface area contributed by atoms with Crippen molar-refractivity contribution in [2.24, 2.45) is 5.92 Å². The molecule has 0 saturated carbocycles. The minimum absolute atomic E-state index is 0.391. The van der Waals surface area contributed by atoms with Gasteiger partial charge >= 0.3 is 0 Å². The van der Waals surface area contributed by atoms with E-state index in [1.165, 1.54) is 11.3 Å². The van der Waals surface area contributed by atoms with Gasteiger partial charge in [-0.1, -0.05) is 37.6 Å². The lowest BCUT2D eigenvalue weighted by molar-refractivity contribution is 0.659. The Morgan fingerprint density at radius 3 is 2.62 bits per heavy atom. The van der Waals surface area contributed by atoms with Gasteiger partial charge in [-0.05, 0) is 36.4 Å². The Balaban J connectivity index is 2.53. The lowest BCUT2D eigenvalue weighted by atomic mass is 10.1. The van der Waals surface area contributed by atoms with Gasteiger partial charge in [-0.15, -0.1) is 0 Å². The molecule has 0 aliphatic heterocycles. The van der Waals surface area contributed by atoms with Gasteiger partial charge in [-0.25, -0.2) is 0 Å². The quantitative estimate of drug-likeness (QED) is 0.827. The van der Waals surface area contributed by atoms with Crippen LogP contribution in [0.3, 0.4) is 0 Å². The van der Waals surface area contributed by atoms with Crippen molar-refractivity contribution in [3.8, 4) is 0 Å². The first-order valence-corrected chi connectivity index (χ1v) is 7.17. The molecule has 1 N–H and O–H groups in total. The number of hydrogen-bond donors (Lipinski definition) is 1. The van der Waals surface area contributed by atoms with Crippen LogP contribution >= 0.6 is 23.4 Å². The molecule has 0 spiro atoms. The van der Waals surface area contributed by atoms with Crippen LogP contribution in [-0.2, 0) is 0 Å². The maximum atomic E-state index is 6.00. The molecule has 1 rings (SSSR count). The fraction of sp³-hybridized carbons (Fsp3) is 0.538. The molecule has 0 bridgehead atoms. The van der Waals surface area contributed by atoms with E-state index in [1.807, 2.05) is 37.0 Å². The summed E-state index contributed by atoms with van der Waals surface area (Å²) in [5, 5.41) is 4.15. The van der Waals surface area contributed by atoms with Crippen molar-refractivity contribution in [2.75, 3.05) is 18.6 Å². The van der Waals surface area contributed by atoms with Gasteiger partial charge in [-0.3, -0.25) is 0 Å². The highest BCUT2D eigenvalue weighted by molar-refractivity contribution is 7.99. The van der Waals surface area contributed by atoms with E-state index in [9.17, 15) is 0 Å². The highest BCUT2D eigenvalue weighted by atomic mass is 35.5. The Kier molecular flexibility index (Phi) is 6.25. The van der Waals surface area contributed by atoms with E-state index >= 15 is 0 Å². The topological polar surface area (TPSA) is 12.0 Å². The summed E-state index contributed by atoms with van der Waals surface area (Å²) in [5.74, 6) is 3.05. The van der Waals surface area contributed by atoms with Crippen LogP contribution in [0.25, 0.3) is 0 Å². The Hall–Kier alpha value is -0.180. The number of thioether (sulfide) groups is 1. The zero-order valence-electron chi connectivity index (χ0n) is 10.2. The van der Waals surface area contributed by atoms with Gasteiger partial charge in [0.2, 0.25) is 0 Å². The number of hydrogen-bond acceptors (Lipinski definition) is 2. The van der Waals surface area contributed by atoms with Gasteiger partial charge in [0.15, 0.2) is 0 Å². The molecule has 0 aromatic heterocycles. The summed E-state index contributed by atoms with van der Waals surface area (Å²) in [7, 11) is 2.00. The van der Waals surface area contributed by atoms with Gasteiger partial charge in [0, 0.05) is 16.8 Å². The Morgan fingerprint density at radius 2 is 2.06 bits per heavy atom. The maximum absolute atomic E-state index is 6.00. The first-order valence-electron chi connectivity index (χ1n) is 5.64. The van der Waals surface area contributed by atoms with E-state index in [0.717, 1.165) is 16.7 Å². The maximum Gasteiger partial charge on any atom is 0.0409 e. The van der Waals surface area contributed by atoms with Crippen LogP contribution in [0.2, 0.25) is 5.02 Å². The molecule has 90 valence electrons. The van der Waals surface area contributed by atoms with Gasteiger partial charge in [0.25, 0.3) is 0 Å². The van der Waals surface area contributed by atoms with Crippen molar-refractivity contribution < 1.29 is 0 Å². The van der Waals surface area contributed by atoms with Crippen LogP contribution in [0.5, 0.6) is 0 Å². The predicted molar refractivity (Wildman–Crippen MR) is 75.4 cm³/mol. The van der Waals surface area contributed by atoms with E-state index in [1.54, 1.807) is 0 Å². The molecule has 0 amide bonds. The minimum atomic E-state index is 0.391. The first kappa shape index (κ1) is 13.9. The second-order valence-electron chi connectivity index (χ2n) is 4.33. The Labute approximate surface area is 108 Å². The second-order valence-corrected chi connectivity index (χ2v) is 5.84. The molecule has 1 unspecified atom stereocenters. The van der Waals surface area contributed by atoms with E-state index in [2.05, 4.69) is 25.2 Å². The van der Waals surface area contributed by atoms with Crippen molar-refractivity contribution >= 4 is 23.4 Å². The van der Waals surface area contributed by atoms with Crippen molar-refractivity contribution in [3.05, 3.63) is 34.9 Å². The summed E-state index contributed by atoms with van der Waals surface area (Å²) < 4.78 is 0. The van der Waals surface area contributed by atoms with Crippen LogP contribution in [0, 0.1) is 5.92 Å². The Morgan fingerprint density at radius 1 is 1.31 bits per heavy atom. The standard InChI is InChI=1S/C13H20ClNS/c1-10(2)8-16-9-13(15-3)11-5-4-6-12(14)7-11/h4-7,10,13,15H,8-9H2,1-3H3. The molecule has 0 saturated heterocycles. The molecule has 3 heteroatoms. The van der Waals surface area contributed by atoms with E-state index < -0.39 is 0 Å². The first-order chi connectivity index (χ1) is 7.63. The van der Waals surface area contributed by atoms with Gasteiger partial charge < -0.3 is 5.32 Å². The van der Waals surface area contributed by atoms with E-state index in [0.29, 0.717) is 6.04 Å². The molecule has 1 aromatic carbocycles. The van der Waals surface area contributed by atoms with Crippen LogP contribution in [0.15, 0.2) is 24.3 Å². The van der Waals surface area contributed by atoms with Gasteiger partial charge in [0.05, 0.1) is 0 Å². The molecule has 0 aliphatic carbocycles. The van der Waals surface area contributed by atoms with Crippen LogP contribution in [0.4, 0.5) is 0 Å². The smallest absolute Gasteiger partial charge is 0.0409 e. The molecule has 16 heavy (non-hydrogen) atoms. The molecule has 1 atom stereocenters. The summed E-state index contributed by atoms with van der Waals surface area (Å²) in [4.78, 5) is 0. The largest absolute Gasteiger partial charge is 0.312 e. The number of benzene rings is 1. The third-order valence-corrected chi connectivity index (χ3v) is 4.04. The molecule has 0 heterocycles. The predicted octanol–water partition coefficient (Wildman–Crippen LogP) is 3.99. The highest BCUT2D eigenvalue weighted by Gasteiger charge is 2.09. The third-order valence-electron chi connectivity index (χ3n) is 2.34. The lowest BCUT2D eigenvalue weighted by Crippen LogP contribution is -2.19. The van der Waals surface area contributed by atoms with E-state index in [-0.39, 0.29) is 0 Å². The average Bonchev–Trinajstić information content (AvgIpc) is 2.24. The summed E-state index contributed by atoms with van der Waals surface area (Å²) >= 11 is 7.98. The summed E-state index contributed by atoms with van der Waals surface area (Å²) in [6, 6.07) is 8.48.